The van der Waals surface area contributed by atoms with Crippen LogP contribution in [0.4, 0.5) is 0 Å². The summed E-state index contributed by atoms with van der Waals surface area (Å²) in [6.07, 6.45) is 0. The Morgan fingerprint density at radius 1 is 1.67 bits per heavy atom. The number of aliphatic carboxylic acids is 1. The molecule has 0 bridgehead atoms. The molecular weight excluding hydrogens is 107 g/mol. The van der Waals surface area contributed by atoms with Gasteiger partial charge in [-0.3, -0.25) is 4.79 Å². The van der Waals surface area contributed by atoms with E-state index >= 15 is 0 Å². The van der Waals surface area contributed by atoms with Crippen molar-refractivity contribution in [2.75, 3.05) is 0 Å². The maximum atomic E-state index is 9.31. The van der Waals surface area contributed by atoms with E-state index in [1.165, 1.54) is 0 Å². The Hall–Kier alpha value is -0.570. The molecule has 0 aliphatic heterocycles. The molecule has 0 aromatic rings. The SMILES string of the molecule is O=C(O)C(=O)Cl.[H+]. The molecule has 0 fully saturated rings. The molecule has 0 saturated heterocycles. The van der Waals surface area contributed by atoms with Crippen molar-refractivity contribution in [3.8, 4) is 0 Å². The van der Waals surface area contributed by atoms with Crippen LogP contribution in [0.1, 0.15) is 1.43 Å². The number of carbonyl (C=O) groups excluding carboxylic acids is 1. The maximum Gasteiger partial charge on any atom is 1.00 e. The van der Waals surface area contributed by atoms with Crippen molar-refractivity contribution in [1.82, 2.24) is 0 Å². The summed E-state index contributed by atoms with van der Waals surface area (Å²) in [6.45, 7) is 0. The van der Waals surface area contributed by atoms with Crippen molar-refractivity contribution >= 4 is 22.8 Å². The van der Waals surface area contributed by atoms with E-state index in [4.69, 9.17) is 5.11 Å². The quantitative estimate of drug-likeness (QED) is 0.379. The number of rotatable bonds is 1. The van der Waals surface area contributed by atoms with E-state index in [0.717, 1.165) is 0 Å². The van der Waals surface area contributed by atoms with E-state index in [0.29, 0.717) is 0 Å². The summed E-state index contributed by atoms with van der Waals surface area (Å²) in [4.78, 5) is 18.5. The van der Waals surface area contributed by atoms with Gasteiger partial charge in [0, 0.05) is 0 Å². The van der Waals surface area contributed by atoms with Gasteiger partial charge in [0.1, 0.15) is 0 Å². The predicted octanol–water partition coefficient (Wildman–Crippen LogP) is -0.0511. The van der Waals surface area contributed by atoms with Crippen LogP contribution in [0.15, 0.2) is 0 Å². The fourth-order valence-corrected chi connectivity index (χ4v) is 0. The highest BCUT2D eigenvalue weighted by Crippen LogP contribution is 1.74. The lowest BCUT2D eigenvalue weighted by Crippen LogP contribution is -2.02. The van der Waals surface area contributed by atoms with Crippen LogP contribution in [0.3, 0.4) is 0 Å². The molecule has 0 spiro atoms. The molecule has 0 saturated carbocycles. The van der Waals surface area contributed by atoms with E-state index in [9.17, 15) is 9.59 Å². The van der Waals surface area contributed by atoms with Crippen LogP contribution in [0.5, 0.6) is 0 Å². The highest BCUT2D eigenvalue weighted by atomic mass is 35.5. The number of halogens is 1. The molecule has 6 heavy (non-hydrogen) atoms. The molecule has 3 nitrogen and oxygen atoms in total. The van der Waals surface area contributed by atoms with Gasteiger partial charge in [0.25, 0.3) is 0 Å². The van der Waals surface area contributed by atoms with E-state index in [2.05, 4.69) is 11.6 Å². The maximum absolute atomic E-state index is 9.31. The minimum Gasteiger partial charge on any atom is -0.475 e. The molecule has 0 aromatic carbocycles. The zero-order valence-corrected chi connectivity index (χ0v) is 3.40. The first-order chi connectivity index (χ1) is 2.64. The van der Waals surface area contributed by atoms with Crippen molar-refractivity contribution in [2.45, 2.75) is 0 Å². The molecule has 0 unspecified atom stereocenters. The summed E-state index contributed by atoms with van der Waals surface area (Å²) < 4.78 is 0. The van der Waals surface area contributed by atoms with Crippen molar-refractivity contribution in [1.29, 1.82) is 0 Å². The molecule has 34 valence electrons. The average molecular weight is 109 g/mol. The van der Waals surface area contributed by atoms with Crippen LogP contribution in [0.25, 0.3) is 0 Å². The molecule has 0 aromatic heterocycles. The third kappa shape index (κ3) is 1.72. The van der Waals surface area contributed by atoms with Gasteiger partial charge in [-0.25, -0.2) is 4.79 Å². The molecule has 0 atom stereocenters. The van der Waals surface area contributed by atoms with Crippen LogP contribution >= 0.6 is 11.6 Å². The minimum atomic E-state index is -1.61. The minimum absolute atomic E-state index is 0. The number of carboxylic acids is 1. The normalized spacial score (nSPS) is 7.50. The first-order valence-corrected chi connectivity index (χ1v) is 1.45. The topological polar surface area (TPSA) is 54.4 Å². The fraction of sp³-hybridized carbons (Fsp3) is 0. The lowest BCUT2D eigenvalue weighted by atomic mass is 10.8. The predicted molar refractivity (Wildman–Crippen MR) is 19.6 cm³/mol. The smallest absolute Gasteiger partial charge is 0.475 e. The monoisotopic (exact) mass is 109 g/mol. The second-order valence-corrected chi connectivity index (χ2v) is 0.922. The highest BCUT2D eigenvalue weighted by Gasteiger charge is 2.02. The van der Waals surface area contributed by atoms with Crippen molar-refractivity contribution in [3.05, 3.63) is 0 Å². The van der Waals surface area contributed by atoms with Crippen molar-refractivity contribution < 1.29 is 16.1 Å². The number of hydrogen-bond acceptors (Lipinski definition) is 2. The summed E-state index contributed by atoms with van der Waals surface area (Å²) in [5.41, 5.74) is 0. The van der Waals surface area contributed by atoms with Gasteiger partial charge in [-0.1, -0.05) is 0 Å². The van der Waals surface area contributed by atoms with E-state index in [1.807, 2.05) is 0 Å². The largest absolute Gasteiger partial charge is 1.00 e. The molecule has 0 aliphatic rings. The van der Waals surface area contributed by atoms with Gasteiger partial charge < -0.3 is 5.11 Å². The molecule has 0 rings (SSSR count). The van der Waals surface area contributed by atoms with E-state index in [1.54, 1.807) is 0 Å². The van der Waals surface area contributed by atoms with Crippen LogP contribution in [-0.4, -0.2) is 16.3 Å². The average Bonchev–Trinajstić information content (AvgIpc) is 1.36. The fourth-order valence-electron chi connectivity index (χ4n) is 0. The van der Waals surface area contributed by atoms with E-state index < -0.39 is 11.2 Å². The number of carbonyl (C=O) groups is 2. The second kappa shape index (κ2) is 1.77. The zero-order chi connectivity index (χ0) is 5.15. The van der Waals surface area contributed by atoms with Gasteiger partial charge in [0.05, 0.1) is 0 Å². The summed E-state index contributed by atoms with van der Waals surface area (Å²) in [6, 6.07) is 0. The van der Waals surface area contributed by atoms with Crippen LogP contribution in [0.2, 0.25) is 0 Å². The van der Waals surface area contributed by atoms with Gasteiger partial charge in [-0.05, 0) is 11.6 Å². The molecule has 1 N–H and O–H groups in total. The summed E-state index contributed by atoms with van der Waals surface area (Å²) >= 11 is 4.37. The molecule has 0 radical (unpaired) electrons. The molecule has 4 heteroatoms. The standard InChI is InChI=1S/C2HClO3/c3-1(4)2(5)6/h(H,5,6)/p+1. The Bertz CT molecular complexity index is 78.9. The van der Waals surface area contributed by atoms with Gasteiger partial charge in [-0.15, -0.1) is 0 Å². The lowest BCUT2D eigenvalue weighted by Gasteiger charge is -1.70. The Balaban J connectivity index is 0. The number of carboxylic acid groups (broad SMARTS) is 1. The molecular formula is C2H2ClO3+. The Morgan fingerprint density at radius 2 is 1.83 bits per heavy atom. The third-order valence-corrected chi connectivity index (χ3v) is 0.330. The first kappa shape index (κ1) is 5.43. The van der Waals surface area contributed by atoms with Crippen LogP contribution in [-0.2, 0) is 9.59 Å². The van der Waals surface area contributed by atoms with E-state index in [-0.39, 0.29) is 1.43 Å². The van der Waals surface area contributed by atoms with Crippen molar-refractivity contribution in [3.63, 3.8) is 0 Å². The third-order valence-electron chi connectivity index (χ3n) is 0.168. The van der Waals surface area contributed by atoms with Crippen LogP contribution < -0.4 is 0 Å². The van der Waals surface area contributed by atoms with Gasteiger partial charge in [-0.2, -0.15) is 0 Å². The number of hydrogen-bond donors (Lipinski definition) is 1. The van der Waals surface area contributed by atoms with Gasteiger partial charge >= 0.3 is 12.6 Å². The lowest BCUT2D eigenvalue weighted by molar-refractivity contribution is -0.145. The zero-order valence-electron chi connectivity index (χ0n) is 3.64. The molecule has 0 heterocycles. The molecule has 0 aliphatic carbocycles. The summed E-state index contributed by atoms with van der Waals surface area (Å²) in [5.74, 6) is -1.61. The molecule has 0 amide bonds. The van der Waals surface area contributed by atoms with Gasteiger partial charge in [0.2, 0.25) is 0 Å². The Labute approximate surface area is 40.0 Å². The summed E-state index contributed by atoms with van der Waals surface area (Å²) in [7, 11) is 0. The Morgan fingerprint density at radius 3 is 1.83 bits per heavy atom. The Kier molecular flexibility index (Phi) is 1.60. The second-order valence-electron chi connectivity index (χ2n) is 0.579. The van der Waals surface area contributed by atoms with Gasteiger partial charge in [0.15, 0.2) is 0 Å². The van der Waals surface area contributed by atoms with Crippen molar-refractivity contribution in [2.24, 2.45) is 0 Å². The highest BCUT2D eigenvalue weighted by molar-refractivity contribution is 6.79. The first-order valence-electron chi connectivity index (χ1n) is 1.07. The summed E-state index contributed by atoms with van der Waals surface area (Å²) in [5, 5.41) is 6.16. The van der Waals surface area contributed by atoms with Crippen LogP contribution in [0, 0.1) is 0 Å².